The summed E-state index contributed by atoms with van der Waals surface area (Å²) >= 11 is 0. The van der Waals surface area contributed by atoms with Gasteiger partial charge < -0.3 is 74.5 Å². The largest absolute Gasteiger partial charge is 0.507 e. The summed E-state index contributed by atoms with van der Waals surface area (Å²) in [6.45, 7) is 0. The summed E-state index contributed by atoms with van der Waals surface area (Å²) in [6, 6.07) is 10.4. The molecule has 1 aliphatic carbocycles. The van der Waals surface area contributed by atoms with E-state index in [1.165, 1.54) is 0 Å². The van der Waals surface area contributed by atoms with Crippen LogP contribution in [0.1, 0.15) is 0 Å². The highest BCUT2D eigenvalue weighted by atomic mass is 16.4. The zero-order valence-corrected chi connectivity index (χ0v) is 31.2. The van der Waals surface area contributed by atoms with Crippen LogP contribution in [0.2, 0.25) is 0 Å². The van der Waals surface area contributed by atoms with Crippen molar-refractivity contribution in [3.63, 3.8) is 0 Å². The molecule has 12 N–H and O–H groups in total. The minimum atomic E-state index is -0.999. The molecule has 0 amide bonds. The highest BCUT2D eigenvalue weighted by Gasteiger charge is 2.30. The van der Waals surface area contributed by atoms with Crippen molar-refractivity contribution in [2.75, 3.05) is 0 Å². The first-order chi connectivity index (χ1) is 29.9. The fraction of sp³-hybridized carbons (Fsp3) is 0. The molecule has 0 atom stereocenters. The van der Waals surface area contributed by atoms with Gasteiger partial charge in [-0.15, -0.1) is 0 Å². The standard InChI is InChI=1S/C45H24O18/c46-19-1-13-16(4-22(19)49)37-25(52)10-35-41(43(37)58)29(56)8-32(62-35)15-3-21(48)24(51)6-18(15)39-27(54)12-36-42(45(39)60)30(57)9-33(63-36)14-2-20(47)23(50)5-17(14)38-26(53)11-34-40(44(38)59)28(55)7-31(13)61-34/h1-12,46-54,58-60H. The van der Waals surface area contributed by atoms with Gasteiger partial charge in [-0.3, -0.25) is 14.4 Å². The van der Waals surface area contributed by atoms with Crippen LogP contribution < -0.4 is 16.3 Å². The lowest BCUT2D eigenvalue weighted by Crippen LogP contribution is -2.04. The van der Waals surface area contributed by atoms with Crippen LogP contribution in [-0.4, -0.2) is 61.3 Å². The Morgan fingerprint density at radius 1 is 0.270 bits per heavy atom. The SMILES string of the molecule is O=c1cc2oc3cc(O)c(c(O)c13)-c1cc(O)c(O)cc1-c1cc(=O)c3c(O)c(c(O)cc3o1)-c1cc(O)c(O)cc1-c1cc(=O)c3c(O)c(c(O)cc3o1)-c1cc(O)c(O)cc1-2. The summed E-state index contributed by atoms with van der Waals surface area (Å²) in [5.74, 6) is -11.3. The molecule has 0 fully saturated rings. The molecular formula is C45H24O18. The third kappa shape index (κ3) is 5.34. The van der Waals surface area contributed by atoms with Gasteiger partial charge in [0.25, 0.3) is 0 Å². The molecule has 8 aliphatic rings. The average molecular weight is 853 g/mol. The van der Waals surface area contributed by atoms with E-state index < -0.39 is 152 Å². The van der Waals surface area contributed by atoms with Gasteiger partial charge in [0.1, 0.15) is 84.7 Å². The lowest BCUT2D eigenvalue weighted by atomic mass is 9.92. The minimum Gasteiger partial charge on any atom is -0.507 e. The minimum absolute atomic E-state index is 0.293. The predicted octanol–water partition coefficient (Wildman–Crippen LogP) is 6.79. The summed E-state index contributed by atoms with van der Waals surface area (Å²) in [6.07, 6.45) is 0. The maximum atomic E-state index is 14.0. The fourth-order valence-corrected chi connectivity index (χ4v) is 8.03. The Labute approximate surface area is 346 Å². The van der Waals surface area contributed by atoms with Crippen LogP contribution in [0.3, 0.4) is 0 Å². The molecule has 7 aliphatic heterocycles. The van der Waals surface area contributed by atoms with Crippen LogP contribution in [-0.2, 0) is 0 Å². The second-order valence-corrected chi connectivity index (χ2v) is 14.6. The Morgan fingerprint density at radius 3 is 0.730 bits per heavy atom. The number of hydrogen-bond donors (Lipinski definition) is 12. The summed E-state index contributed by atoms with van der Waals surface area (Å²) in [5, 5.41) is 132. The van der Waals surface area contributed by atoms with Crippen molar-refractivity contribution in [1.82, 2.24) is 0 Å². The summed E-state index contributed by atoms with van der Waals surface area (Å²) in [7, 11) is 0. The van der Waals surface area contributed by atoms with Crippen molar-refractivity contribution < 1.29 is 74.5 Å². The quantitative estimate of drug-likeness (QED) is 0.0698. The van der Waals surface area contributed by atoms with Gasteiger partial charge in [0, 0.05) is 69.8 Å². The van der Waals surface area contributed by atoms with Crippen molar-refractivity contribution in [3.05, 3.63) is 103 Å². The predicted molar refractivity (Wildman–Crippen MR) is 221 cm³/mol. The van der Waals surface area contributed by atoms with Crippen LogP contribution in [0.15, 0.2) is 100 Å². The lowest BCUT2D eigenvalue weighted by molar-refractivity contribution is 0.404. The highest BCUT2D eigenvalue weighted by Crippen LogP contribution is 2.53. The second-order valence-electron chi connectivity index (χ2n) is 14.6. The van der Waals surface area contributed by atoms with Crippen LogP contribution in [0.4, 0.5) is 0 Å². The molecule has 0 spiro atoms. The third-order valence-corrected chi connectivity index (χ3v) is 10.9. The van der Waals surface area contributed by atoms with E-state index in [2.05, 4.69) is 0 Å². The normalized spacial score (nSPS) is 11.8. The number of hydrogen-bond acceptors (Lipinski definition) is 18. The van der Waals surface area contributed by atoms with Crippen molar-refractivity contribution in [2.24, 2.45) is 0 Å². The van der Waals surface area contributed by atoms with Gasteiger partial charge >= 0.3 is 0 Å². The Morgan fingerprint density at radius 2 is 0.492 bits per heavy atom. The van der Waals surface area contributed by atoms with Gasteiger partial charge in [-0.2, -0.15) is 0 Å². The Balaban J connectivity index is 1.40. The molecule has 0 saturated carbocycles. The molecule has 0 saturated heterocycles. The van der Waals surface area contributed by atoms with Crippen molar-refractivity contribution in [1.29, 1.82) is 0 Å². The van der Waals surface area contributed by atoms with Gasteiger partial charge in [-0.25, -0.2) is 0 Å². The zero-order valence-electron chi connectivity index (χ0n) is 31.2. The molecular weight excluding hydrogens is 828 g/mol. The summed E-state index contributed by atoms with van der Waals surface area (Å²) in [5.41, 5.74) is -8.03. The molecule has 0 radical (unpaired) electrons. The van der Waals surface area contributed by atoms with E-state index in [1.54, 1.807) is 0 Å². The van der Waals surface area contributed by atoms with Gasteiger partial charge in [-0.05, 0) is 36.4 Å². The summed E-state index contributed by atoms with van der Waals surface area (Å²) < 4.78 is 17.9. The van der Waals surface area contributed by atoms with Crippen molar-refractivity contribution in [3.8, 4) is 136 Å². The molecule has 9 aromatic rings. The molecule has 10 heterocycles. The van der Waals surface area contributed by atoms with Crippen LogP contribution >= 0.6 is 0 Å². The fourth-order valence-electron chi connectivity index (χ4n) is 8.03. The van der Waals surface area contributed by atoms with E-state index in [4.69, 9.17) is 13.3 Å². The highest BCUT2D eigenvalue weighted by molar-refractivity contribution is 6.04. The monoisotopic (exact) mass is 852 g/mol. The first kappa shape index (κ1) is 37.8. The molecule has 3 aromatic heterocycles. The Bertz CT molecular complexity index is 3390. The van der Waals surface area contributed by atoms with Crippen molar-refractivity contribution >= 4 is 32.9 Å². The molecule has 17 rings (SSSR count). The smallest absolute Gasteiger partial charge is 0.197 e. The van der Waals surface area contributed by atoms with E-state index in [0.29, 0.717) is 0 Å². The molecule has 63 heavy (non-hydrogen) atoms. The third-order valence-electron chi connectivity index (χ3n) is 10.9. The maximum absolute atomic E-state index is 14.0. The number of aromatic hydroxyl groups is 12. The molecule has 12 bridgehead atoms. The molecule has 0 unspecified atom stereocenters. The van der Waals surface area contributed by atoms with Gasteiger partial charge in [-0.1, -0.05) is 0 Å². The van der Waals surface area contributed by atoms with Gasteiger partial charge in [0.15, 0.2) is 50.8 Å². The van der Waals surface area contributed by atoms with Crippen molar-refractivity contribution in [2.45, 2.75) is 0 Å². The summed E-state index contributed by atoms with van der Waals surface area (Å²) in [4.78, 5) is 41.9. The van der Waals surface area contributed by atoms with Gasteiger partial charge in [0.05, 0.1) is 16.7 Å². The van der Waals surface area contributed by atoms with Crippen LogP contribution in [0.5, 0.6) is 69.0 Å². The molecule has 18 heteroatoms. The first-order valence-corrected chi connectivity index (χ1v) is 18.2. The number of phenolic OH excluding ortho intramolecular Hbond substituents is 12. The first-order valence-electron chi connectivity index (χ1n) is 18.2. The second kappa shape index (κ2) is 12.8. The number of benzene rings is 6. The Hall–Kier alpha value is -9.45. The van der Waals surface area contributed by atoms with E-state index in [0.717, 1.165) is 72.8 Å². The molecule has 312 valence electrons. The maximum Gasteiger partial charge on any atom is 0.197 e. The van der Waals surface area contributed by atoms with E-state index in [1.807, 2.05) is 0 Å². The van der Waals surface area contributed by atoms with E-state index in [9.17, 15) is 75.7 Å². The Kier molecular flexibility index (Phi) is 7.66. The molecule has 18 nitrogen and oxygen atoms in total. The van der Waals surface area contributed by atoms with Crippen LogP contribution in [0.25, 0.3) is 100 Å². The van der Waals surface area contributed by atoms with Gasteiger partial charge in [0.2, 0.25) is 0 Å². The van der Waals surface area contributed by atoms with E-state index >= 15 is 0 Å². The lowest BCUT2D eigenvalue weighted by Gasteiger charge is -2.18. The van der Waals surface area contributed by atoms with E-state index in [-0.39, 0.29) is 33.4 Å². The molecule has 6 aromatic carbocycles. The number of rotatable bonds is 0. The topological polar surface area (TPSA) is 333 Å². The number of phenols is 12. The average Bonchev–Trinajstić information content (AvgIpc) is 3.20. The zero-order chi connectivity index (χ0) is 44.7. The van der Waals surface area contributed by atoms with Crippen LogP contribution in [0, 0.1) is 0 Å².